The highest BCUT2D eigenvalue weighted by Gasteiger charge is 2.15. The third-order valence-corrected chi connectivity index (χ3v) is 4.63. The van der Waals surface area contributed by atoms with E-state index in [9.17, 15) is 0 Å². The Morgan fingerprint density at radius 2 is 1.91 bits per heavy atom. The second-order valence-corrected chi connectivity index (χ2v) is 5.93. The number of nitrogens with zero attached hydrogens (tertiary/aromatic N) is 1. The van der Waals surface area contributed by atoms with Crippen molar-refractivity contribution >= 4 is 44.9 Å². The Hall–Kier alpha value is -2.74. The maximum Gasteiger partial charge on any atom is 0.0496 e. The molecule has 0 spiro atoms. The molecule has 0 amide bonds. The first-order chi connectivity index (χ1) is 11.3. The average molecular weight is 300 g/mol. The Balaban J connectivity index is 2.24. The van der Waals surface area contributed by atoms with Crippen molar-refractivity contribution in [1.29, 1.82) is 0 Å². The molecule has 1 N–H and O–H groups in total. The molecule has 0 saturated heterocycles. The summed E-state index contributed by atoms with van der Waals surface area (Å²) in [5.74, 6) is 0. The van der Waals surface area contributed by atoms with Gasteiger partial charge in [-0.2, -0.15) is 0 Å². The highest BCUT2D eigenvalue weighted by Crippen LogP contribution is 2.37. The molecule has 4 rings (SSSR count). The molecule has 2 heterocycles. The highest BCUT2D eigenvalue weighted by atomic mass is 14.9. The van der Waals surface area contributed by atoms with Crippen LogP contribution in [0.15, 0.2) is 49.1 Å². The van der Waals surface area contributed by atoms with Gasteiger partial charge >= 0.3 is 0 Å². The number of fused-ring (bicyclic) bond motifs is 5. The number of hydrogen-bond acceptors (Lipinski definition) is 0. The van der Waals surface area contributed by atoms with Crippen LogP contribution in [0.2, 0.25) is 0 Å². The topological polar surface area (TPSA) is 20.7 Å². The van der Waals surface area contributed by atoms with Gasteiger partial charge in [0.05, 0.1) is 0 Å². The van der Waals surface area contributed by atoms with E-state index in [-0.39, 0.29) is 0 Å². The molecule has 0 bridgehead atoms. The van der Waals surface area contributed by atoms with Crippen molar-refractivity contribution in [2.24, 2.45) is 7.05 Å². The van der Waals surface area contributed by atoms with Crippen LogP contribution in [0.4, 0.5) is 0 Å². The van der Waals surface area contributed by atoms with Crippen LogP contribution in [0.25, 0.3) is 44.9 Å². The van der Waals surface area contributed by atoms with Gasteiger partial charge in [0.2, 0.25) is 0 Å². The van der Waals surface area contributed by atoms with E-state index in [0.29, 0.717) is 0 Å². The van der Waals surface area contributed by atoms with Gasteiger partial charge in [-0.15, -0.1) is 0 Å². The minimum absolute atomic E-state index is 1.02. The predicted molar refractivity (Wildman–Crippen MR) is 102 cm³/mol. The summed E-state index contributed by atoms with van der Waals surface area (Å²) >= 11 is 0. The first-order valence-electron chi connectivity index (χ1n) is 8.07. The van der Waals surface area contributed by atoms with E-state index in [1.54, 1.807) is 0 Å². The molecule has 2 heteroatoms. The van der Waals surface area contributed by atoms with Gasteiger partial charge < -0.3 is 9.55 Å². The summed E-state index contributed by atoms with van der Waals surface area (Å²) in [5.41, 5.74) is 6.01. The van der Waals surface area contributed by atoms with E-state index < -0.39 is 0 Å². The second-order valence-electron chi connectivity index (χ2n) is 5.93. The van der Waals surface area contributed by atoms with Crippen molar-refractivity contribution in [2.75, 3.05) is 0 Å². The Labute approximate surface area is 135 Å². The number of nitrogens with one attached hydrogen (secondary N) is 1. The Morgan fingerprint density at radius 1 is 1.09 bits per heavy atom. The van der Waals surface area contributed by atoms with Gasteiger partial charge in [0.1, 0.15) is 0 Å². The number of aromatic nitrogens is 2. The monoisotopic (exact) mass is 300 g/mol. The summed E-state index contributed by atoms with van der Waals surface area (Å²) in [7, 11) is 2.13. The van der Waals surface area contributed by atoms with Crippen molar-refractivity contribution in [3.8, 4) is 0 Å². The molecule has 0 aliphatic heterocycles. The lowest BCUT2D eigenvalue weighted by Crippen LogP contribution is -1.85. The van der Waals surface area contributed by atoms with Crippen molar-refractivity contribution in [3.63, 3.8) is 0 Å². The molecule has 4 aromatic rings. The fourth-order valence-corrected chi connectivity index (χ4v) is 3.56. The number of rotatable bonds is 3. The molecule has 0 aliphatic carbocycles. The number of benzene rings is 2. The molecular weight excluding hydrogens is 280 g/mol. The number of H-pyrrole nitrogens is 1. The third kappa shape index (κ3) is 1.88. The van der Waals surface area contributed by atoms with Gasteiger partial charge in [-0.25, -0.2) is 0 Å². The number of allylic oxidation sites excluding steroid dienone is 1. The normalized spacial score (nSPS) is 12.1. The number of hydrogen-bond donors (Lipinski definition) is 1. The van der Waals surface area contributed by atoms with Crippen LogP contribution in [-0.2, 0) is 7.05 Å². The molecule has 0 radical (unpaired) electrons. The zero-order valence-corrected chi connectivity index (χ0v) is 13.6. The predicted octanol–water partition coefficient (Wildman–Crippen LogP) is 5.88. The minimum atomic E-state index is 1.02. The number of aromatic amines is 1. The Kier molecular flexibility index (Phi) is 3.12. The molecule has 0 unspecified atom stereocenters. The molecule has 2 nitrogen and oxygen atoms in total. The SMILES string of the molecule is C=Cc1c(/C=C\CC)[nH]c2ccc3c(c4ccccc4n3C)c12. The molecule has 23 heavy (non-hydrogen) atoms. The molecule has 0 saturated carbocycles. The lowest BCUT2D eigenvalue weighted by molar-refractivity contribution is 1.01. The van der Waals surface area contributed by atoms with E-state index in [4.69, 9.17) is 0 Å². The van der Waals surface area contributed by atoms with Gasteiger partial charge in [0.25, 0.3) is 0 Å². The summed E-state index contributed by atoms with van der Waals surface area (Å²) in [4.78, 5) is 3.55. The molecule has 2 aromatic heterocycles. The summed E-state index contributed by atoms with van der Waals surface area (Å²) in [5, 5.41) is 3.87. The van der Waals surface area contributed by atoms with Crippen molar-refractivity contribution < 1.29 is 0 Å². The van der Waals surface area contributed by atoms with Gasteiger partial charge in [-0.05, 0) is 30.7 Å². The van der Waals surface area contributed by atoms with Gasteiger partial charge in [0, 0.05) is 51.0 Å². The van der Waals surface area contributed by atoms with Crippen LogP contribution in [0.3, 0.4) is 0 Å². The van der Waals surface area contributed by atoms with Gasteiger partial charge in [-0.3, -0.25) is 0 Å². The van der Waals surface area contributed by atoms with E-state index in [1.165, 1.54) is 38.3 Å². The molecule has 0 fully saturated rings. The minimum Gasteiger partial charge on any atom is -0.354 e. The molecule has 114 valence electrons. The largest absolute Gasteiger partial charge is 0.354 e. The van der Waals surface area contributed by atoms with E-state index in [2.05, 4.69) is 78.7 Å². The molecular formula is C21H20N2. The number of aryl methyl sites for hydroxylation is 1. The average Bonchev–Trinajstić information content (AvgIpc) is 3.08. The van der Waals surface area contributed by atoms with Crippen LogP contribution in [0.5, 0.6) is 0 Å². The van der Waals surface area contributed by atoms with Crippen LogP contribution in [0.1, 0.15) is 24.6 Å². The van der Waals surface area contributed by atoms with E-state index in [0.717, 1.165) is 12.1 Å². The quantitative estimate of drug-likeness (QED) is 0.488. The summed E-state index contributed by atoms with van der Waals surface area (Å²) < 4.78 is 2.27. The molecule has 0 aliphatic rings. The summed E-state index contributed by atoms with van der Waals surface area (Å²) in [6.07, 6.45) is 7.33. The standard InChI is InChI=1S/C21H20N2/c1-4-6-10-16-14(5-2)20-17(22-16)12-13-19-21(20)15-9-7-8-11-18(15)23(19)3/h5-13,22H,2,4H2,1,3H3/b10-6-. The fourth-order valence-electron chi connectivity index (χ4n) is 3.56. The zero-order chi connectivity index (χ0) is 16.0. The van der Waals surface area contributed by atoms with Crippen LogP contribution in [-0.4, -0.2) is 9.55 Å². The Bertz CT molecular complexity index is 1070. The van der Waals surface area contributed by atoms with Crippen molar-refractivity contribution in [3.05, 3.63) is 60.3 Å². The molecule has 2 aromatic carbocycles. The number of para-hydroxylation sites is 1. The van der Waals surface area contributed by atoms with E-state index in [1.807, 2.05) is 6.08 Å². The third-order valence-electron chi connectivity index (χ3n) is 4.63. The summed E-state index contributed by atoms with van der Waals surface area (Å²) in [6.45, 7) is 6.20. The van der Waals surface area contributed by atoms with Gasteiger partial charge in [0.15, 0.2) is 0 Å². The van der Waals surface area contributed by atoms with Crippen LogP contribution in [0, 0.1) is 0 Å². The maximum absolute atomic E-state index is 4.06. The Morgan fingerprint density at radius 3 is 2.70 bits per heavy atom. The lowest BCUT2D eigenvalue weighted by atomic mass is 10.0. The van der Waals surface area contributed by atoms with Gasteiger partial charge in [-0.1, -0.05) is 43.9 Å². The lowest BCUT2D eigenvalue weighted by Gasteiger charge is -1.99. The van der Waals surface area contributed by atoms with Crippen molar-refractivity contribution in [2.45, 2.75) is 13.3 Å². The first kappa shape index (κ1) is 13.9. The first-order valence-corrected chi connectivity index (χ1v) is 8.07. The van der Waals surface area contributed by atoms with E-state index >= 15 is 0 Å². The van der Waals surface area contributed by atoms with Crippen LogP contribution < -0.4 is 0 Å². The zero-order valence-electron chi connectivity index (χ0n) is 13.6. The smallest absolute Gasteiger partial charge is 0.0496 e. The van der Waals surface area contributed by atoms with Crippen molar-refractivity contribution in [1.82, 2.24) is 9.55 Å². The molecule has 0 atom stereocenters. The highest BCUT2D eigenvalue weighted by molar-refractivity contribution is 6.22. The fraction of sp³-hybridized carbons (Fsp3) is 0.143. The maximum atomic E-state index is 4.06. The summed E-state index contributed by atoms with van der Waals surface area (Å²) in [6, 6.07) is 13.0. The second kappa shape index (κ2) is 5.17. The van der Waals surface area contributed by atoms with Crippen LogP contribution >= 0.6 is 0 Å².